The number of rotatable bonds is 7. The zero-order valence-corrected chi connectivity index (χ0v) is 18.3. The summed E-state index contributed by atoms with van der Waals surface area (Å²) in [5.41, 5.74) is 3.98. The van der Waals surface area contributed by atoms with E-state index in [4.69, 9.17) is 0 Å². The number of hydrazone groups is 2. The average Bonchev–Trinajstić information content (AvgIpc) is 2.59. The fourth-order valence-corrected chi connectivity index (χ4v) is 1.66. The van der Waals surface area contributed by atoms with Crippen LogP contribution in [0, 0.1) is 0 Å². The van der Waals surface area contributed by atoms with Gasteiger partial charge in [-0.3, -0.25) is 10.9 Å². The minimum absolute atomic E-state index is 0. The smallest absolute Gasteiger partial charge is 0.543 e. The van der Waals surface area contributed by atoms with Crippen molar-refractivity contribution in [1.29, 1.82) is 0 Å². The van der Waals surface area contributed by atoms with Crippen molar-refractivity contribution >= 4 is 34.7 Å². The molecule has 0 aliphatic carbocycles. The number of hydrogen-bond donors (Lipinski definition) is 2. The maximum atomic E-state index is 11.2. The summed E-state index contributed by atoms with van der Waals surface area (Å²) >= 11 is 0. The van der Waals surface area contributed by atoms with Crippen LogP contribution in [0.15, 0.2) is 70.9 Å². The predicted molar refractivity (Wildman–Crippen MR) is 85.0 cm³/mol. The fraction of sp³-hybridized carbons (Fsp3) is 0. The van der Waals surface area contributed by atoms with Gasteiger partial charge in [-0.1, -0.05) is 36.4 Å². The Labute approximate surface area is 194 Å². The van der Waals surface area contributed by atoms with Gasteiger partial charge in [-0.2, -0.15) is 10.2 Å². The molecule has 0 amide bonds. The summed E-state index contributed by atoms with van der Waals surface area (Å²) in [6, 6.07) is 16.8. The van der Waals surface area contributed by atoms with E-state index >= 15 is 0 Å². The minimum Gasteiger partial charge on any atom is -0.543 e. The van der Waals surface area contributed by atoms with E-state index < -0.39 is 23.4 Å². The van der Waals surface area contributed by atoms with Gasteiger partial charge in [0, 0.05) is 0 Å². The van der Waals surface area contributed by atoms with E-state index in [1.165, 1.54) is 0 Å². The number of nitrogens with one attached hydrogen (secondary N) is 2. The zero-order chi connectivity index (χ0) is 17.4. The summed E-state index contributed by atoms with van der Waals surface area (Å²) in [5, 5.41) is 29.5. The molecule has 2 rings (SSSR count). The first-order valence-electron chi connectivity index (χ1n) is 6.78. The summed E-state index contributed by atoms with van der Waals surface area (Å²) in [4.78, 5) is 22.4. The zero-order valence-electron chi connectivity index (χ0n) is 14.3. The quantitative estimate of drug-likeness (QED) is 0.283. The molecule has 10 heteroatoms. The molecule has 0 spiro atoms. The van der Waals surface area contributed by atoms with Crippen molar-refractivity contribution in [3.8, 4) is 0 Å². The van der Waals surface area contributed by atoms with Crippen molar-refractivity contribution in [2.24, 2.45) is 10.2 Å². The Morgan fingerprint density at radius 2 is 0.962 bits per heavy atom. The summed E-state index contributed by atoms with van der Waals surface area (Å²) < 4.78 is 0. The molecule has 122 valence electrons. The normalized spacial score (nSPS) is 10.8. The number of anilines is 2. The summed E-state index contributed by atoms with van der Waals surface area (Å²) in [6.45, 7) is 0. The molecule has 0 aliphatic rings. The van der Waals surface area contributed by atoms with Crippen LogP contribution in [0.2, 0.25) is 0 Å². The Kier molecular flexibility index (Phi) is 11.8. The number of carboxylic acids is 2. The van der Waals surface area contributed by atoms with Gasteiger partial charge in [-0.25, -0.2) is 0 Å². The molecule has 2 aromatic carbocycles. The molecule has 8 nitrogen and oxygen atoms in total. The molecule has 0 radical (unpaired) electrons. The Bertz CT molecular complexity index is 716. The number of para-hydroxylation sites is 2. The van der Waals surface area contributed by atoms with Crippen molar-refractivity contribution in [1.82, 2.24) is 0 Å². The molecule has 0 saturated heterocycles. The van der Waals surface area contributed by atoms with Crippen molar-refractivity contribution < 1.29 is 78.9 Å². The van der Waals surface area contributed by atoms with Gasteiger partial charge in [-0.05, 0) is 24.3 Å². The van der Waals surface area contributed by atoms with E-state index in [1.54, 1.807) is 60.7 Å². The molecule has 0 saturated carbocycles. The minimum atomic E-state index is -1.81. The molecular formula is C16H12N4Na2O4. The number of hydrogen-bond acceptors (Lipinski definition) is 8. The number of aliphatic carboxylic acids is 2. The second-order valence-electron chi connectivity index (χ2n) is 4.45. The molecular weight excluding hydrogens is 358 g/mol. The SMILES string of the molecule is O=C([O-])C(=N/Nc1ccccc1)/C(=N\Nc1ccccc1)C(=O)[O-].[Na+].[Na+]. The van der Waals surface area contributed by atoms with Crippen molar-refractivity contribution in [2.75, 3.05) is 10.9 Å². The van der Waals surface area contributed by atoms with Crippen LogP contribution < -0.4 is 80.2 Å². The monoisotopic (exact) mass is 370 g/mol. The third kappa shape index (κ3) is 7.69. The van der Waals surface area contributed by atoms with Gasteiger partial charge in [-0.15, -0.1) is 0 Å². The molecule has 2 aromatic rings. The summed E-state index contributed by atoms with van der Waals surface area (Å²) in [6.07, 6.45) is 0. The number of carbonyl (C=O) groups is 2. The van der Waals surface area contributed by atoms with E-state index in [0.29, 0.717) is 11.4 Å². The maximum absolute atomic E-state index is 11.2. The van der Waals surface area contributed by atoms with E-state index in [9.17, 15) is 19.8 Å². The van der Waals surface area contributed by atoms with Crippen molar-refractivity contribution in [3.63, 3.8) is 0 Å². The molecule has 0 aromatic heterocycles. The first kappa shape index (κ1) is 24.3. The van der Waals surface area contributed by atoms with E-state index in [-0.39, 0.29) is 59.1 Å². The van der Waals surface area contributed by atoms with Gasteiger partial charge in [0.15, 0.2) is 0 Å². The predicted octanol–water partition coefficient (Wildman–Crippen LogP) is -6.57. The van der Waals surface area contributed by atoms with Gasteiger partial charge in [0.1, 0.15) is 11.4 Å². The number of benzene rings is 2. The van der Waals surface area contributed by atoms with E-state index in [0.717, 1.165) is 0 Å². The molecule has 0 unspecified atom stereocenters. The third-order valence-corrected chi connectivity index (χ3v) is 2.75. The fourth-order valence-electron chi connectivity index (χ4n) is 1.66. The van der Waals surface area contributed by atoms with E-state index in [1.807, 2.05) is 0 Å². The molecule has 0 heterocycles. The Hall–Kier alpha value is -1.68. The number of carbonyl (C=O) groups excluding carboxylic acids is 2. The topological polar surface area (TPSA) is 129 Å². The number of nitrogens with zero attached hydrogens (tertiary/aromatic N) is 2. The molecule has 0 aliphatic heterocycles. The first-order chi connectivity index (χ1) is 11.6. The molecule has 0 bridgehead atoms. The average molecular weight is 370 g/mol. The van der Waals surface area contributed by atoms with Gasteiger partial charge in [0.2, 0.25) is 0 Å². The third-order valence-electron chi connectivity index (χ3n) is 2.75. The molecule has 26 heavy (non-hydrogen) atoms. The van der Waals surface area contributed by atoms with Crippen molar-refractivity contribution in [3.05, 3.63) is 60.7 Å². The Balaban J connectivity index is 0.00000312. The van der Waals surface area contributed by atoms with Gasteiger partial charge < -0.3 is 19.8 Å². The van der Waals surface area contributed by atoms with Crippen LogP contribution in [0.25, 0.3) is 0 Å². The maximum Gasteiger partial charge on any atom is 1.00 e. The second kappa shape index (κ2) is 12.6. The molecule has 2 N–H and O–H groups in total. The van der Waals surface area contributed by atoms with Gasteiger partial charge in [0.25, 0.3) is 0 Å². The van der Waals surface area contributed by atoms with Crippen LogP contribution in [0.5, 0.6) is 0 Å². The van der Waals surface area contributed by atoms with Crippen LogP contribution in [0.1, 0.15) is 0 Å². The van der Waals surface area contributed by atoms with Gasteiger partial charge >= 0.3 is 59.1 Å². The molecule has 0 atom stereocenters. The largest absolute Gasteiger partial charge is 1.00 e. The Morgan fingerprint density at radius 1 is 0.654 bits per heavy atom. The second-order valence-corrected chi connectivity index (χ2v) is 4.45. The number of carboxylic acid groups (broad SMARTS) is 2. The van der Waals surface area contributed by atoms with Crippen LogP contribution in [-0.4, -0.2) is 23.4 Å². The standard InChI is InChI=1S/C16H14N4O4.2Na/c21-15(22)13(19-17-11-7-3-1-4-8-11)14(16(23)24)20-18-12-9-5-2-6-10-12;;/h1-10,17-18H,(H,21,22)(H,23,24);;/q;2*+1/p-2/b19-13+,20-14+;;. The summed E-state index contributed by atoms with van der Waals surface area (Å²) in [7, 11) is 0. The molecule has 0 fully saturated rings. The summed E-state index contributed by atoms with van der Waals surface area (Å²) in [5.74, 6) is -3.62. The van der Waals surface area contributed by atoms with Crippen molar-refractivity contribution in [2.45, 2.75) is 0 Å². The van der Waals surface area contributed by atoms with Crippen LogP contribution >= 0.6 is 0 Å². The van der Waals surface area contributed by atoms with Crippen LogP contribution in [0.3, 0.4) is 0 Å². The van der Waals surface area contributed by atoms with Gasteiger partial charge in [0.05, 0.1) is 23.3 Å². The van der Waals surface area contributed by atoms with E-state index in [2.05, 4.69) is 21.1 Å². The van der Waals surface area contributed by atoms with Crippen LogP contribution in [-0.2, 0) is 9.59 Å². The Morgan fingerprint density at radius 3 is 1.23 bits per heavy atom. The first-order valence-corrected chi connectivity index (χ1v) is 6.78. The van der Waals surface area contributed by atoms with Crippen LogP contribution in [0.4, 0.5) is 11.4 Å².